The summed E-state index contributed by atoms with van der Waals surface area (Å²) < 4.78 is 8.80. The lowest BCUT2D eigenvalue weighted by atomic mass is 10.0. The summed E-state index contributed by atoms with van der Waals surface area (Å²) in [6.45, 7) is 1.80. The van der Waals surface area contributed by atoms with Gasteiger partial charge in [0.15, 0.2) is 0 Å². The Morgan fingerprint density at radius 1 is 1.21 bits per heavy atom. The van der Waals surface area contributed by atoms with Crippen molar-refractivity contribution >= 4 is 22.5 Å². The Labute approximate surface area is 166 Å². The molecule has 0 atom stereocenters. The number of ether oxygens (including phenoxy) is 1. The molecule has 8 heteroatoms. The molecule has 0 aliphatic heterocycles. The van der Waals surface area contributed by atoms with E-state index < -0.39 is 0 Å². The minimum Gasteiger partial charge on any atom is -0.495 e. The number of methoxy groups -OCH3 is 1. The molecule has 2 heterocycles. The number of rotatable bonds is 4. The van der Waals surface area contributed by atoms with Crippen LogP contribution in [0.25, 0.3) is 16.6 Å². The second-order valence-corrected chi connectivity index (χ2v) is 6.61. The molecule has 2 aromatic heterocycles. The summed E-state index contributed by atoms with van der Waals surface area (Å²) >= 11 is 0. The zero-order valence-electron chi connectivity index (χ0n) is 16.2. The molecule has 4 aromatic rings. The van der Waals surface area contributed by atoms with E-state index in [1.54, 1.807) is 40.8 Å². The number of hydrogen-bond acceptors (Lipinski definition) is 5. The van der Waals surface area contributed by atoms with Crippen LogP contribution >= 0.6 is 0 Å². The average molecular weight is 386 g/mol. The SMILES string of the molecule is COc1c(C#N)ccc(C)c1C(=O)Nc1ccc2cnn(-c3cnn(C)c3)c2c1. The smallest absolute Gasteiger partial charge is 0.259 e. The van der Waals surface area contributed by atoms with Crippen molar-refractivity contribution in [3.05, 3.63) is 65.6 Å². The highest BCUT2D eigenvalue weighted by Gasteiger charge is 2.19. The fourth-order valence-corrected chi connectivity index (χ4v) is 3.28. The number of fused-ring (bicyclic) bond motifs is 1. The maximum atomic E-state index is 13.0. The van der Waals surface area contributed by atoms with Crippen LogP contribution in [0, 0.1) is 18.3 Å². The van der Waals surface area contributed by atoms with Gasteiger partial charge in [-0.3, -0.25) is 9.48 Å². The average Bonchev–Trinajstić information content (AvgIpc) is 3.32. The third kappa shape index (κ3) is 3.19. The molecule has 29 heavy (non-hydrogen) atoms. The van der Waals surface area contributed by atoms with Crippen LogP contribution in [0.15, 0.2) is 48.9 Å². The van der Waals surface area contributed by atoms with Crippen LogP contribution in [-0.2, 0) is 7.05 Å². The second kappa shape index (κ2) is 7.13. The topological polar surface area (TPSA) is 97.8 Å². The zero-order chi connectivity index (χ0) is 20.5. The van der Waals surface area contributed by atoms with Crippen LogP contribution < -0.4 is 10.1 Å². The van der Waals surface area contributed by atoms with Crippen LogP contribution in [0.3, 0.4) is 0 Å². The number of nitrogens with zero attached hydrogens (tertiary/aromatic N) is 5. The molecule has 144 valence electrons. The van der Waals surface area contributed by atoms with Gasteiger partial charge in [-0.25, -0.2) is 4.68 Å². The number of nitrogens with one attached hydrogen (secondary N) is 1. The maximum Gasteiger partial charge on any atom is 0.259 e. The number of anilines is 1. The Hall–Kier alpha value is -4.12. The van der Waals surface area contributed by atoms with E-state index in [1.165, 1.54) is 7.11 Å². The Kier molecular flexibility index (Phi) is 4.49. The van der Waals surface area contributed by atoms with Gasteiger partial charge in [-0.05, 0) is 36.8 Å². The van der Waals surface area contributed by atoms with E-state index in [1.807, 2.05) is 31.4 Å². The van der Waals surface area contributed by atoms with E-state index >= 15 is 0 Å². The number of amides is 1. The Morgan fingerprint density at radius 3 is 2.72 bits per heavy atom. The number of benzene rings is 2. The molecule has 1 amide bonds. The monoisotopic (exact) mass is 386 g/mol. The highest BCUT2D eigenvalue weighted by Crippen LogP contribution is 2.28. The first kappa shape index (κ1) is 18.3. The van der Waals surface area contributed by atoms with Crippen LogP contribution in [-0.4, -0.2) is 32.6 Å². The summed E-state index contributed by atoms with van der Waals surface area (Å²) in [5.41, 5.74) is 3.65. The molecule has 4 rings (SSSR count). The van der Waals surface area contributed by atoms with E-state index in [-0.39, 0.29) is 11.7 Å². The first-order valence-electron chi connectivity index (χ1n) is 8.87. The van der Waals surface area contributed by atoms with Gasteiger partial charge in [-0.15, -0.1) is 0 Å². The van der Waals surface area contributed by atoms with Gasteiger partial charge in [-0.1, -0.05) is 6.07 Å². The summed E-state index contributed by atoms with van der Waals surface area (Å²) in [4.78, 5) is 13.0. The number of nitriles is 1. The number of carbonyl (C=O) groups is 1. The molecule has 0 spiro atoms. The van der Waals surface area contributed by atoms with Crippen LogP contribution in [0.2, 0.25) is 0 Å². The van der Waals surface area contributed by atoms with Crippen molar-refractivity contribution in [2.24, 2.45) is 7.05 Å². The summed E-state index contributed by atoms with van der Waals surface area (Å²) in [6, 6.07) is 11.0. The highest BCUT2D eigenvalue weighted by atomic mass is 16.5. The van der Waals surface area contributed by atoms with Gasteiger partial charge < -0.3 is 10.1 Å². The van der Waals surface area contributed by atoms with Crippen molar-refractivity contribution in [2.45, 2.75) is 6.92 Å². The number of hydrogen-bond donors (Lipinski definition) is 1. The fraction of sp³-hybridized carbons (Fsp3) is 0.143. The maximum absolute atomic E-state index is 13.0. The molecule has 2 aromatic carbocycles. The second-order valence-electron chi connectivity index (χ2n) is 6.61. The van der Waals surface area contributed by atoms with Gasteiger partial charge in [0.05, 0.1) is 42.3 Å². The molecular formula is C21H18N6O2. The molecule has 1 N–H and O–H groups in total. The van der Waals surface area contributed by atoms with Gasteiger partial charge in [-0.2, -0.15) is 15.5 Å². The van der Waals surface area contributed by atoms with Gasteiger partial charge in [0, 0.05) is 18.1 Å². The van der Waals surface area contributed by atoms with Crippen LogP contribution in [0.1, 0.15) is 21.5 Å². The lowest BCUT2D eigenvalue weighted by Crippen LogP contribution is -2.15. The standard InChI is InChI=1S/C21H18N6O2/c1-13-4-5-14(9-22)20(29-3)19(13)21(28)25-16-7-6-15-10-24-27(18(15)8-16)17-11-23-26(2)12-17/h4-8,10-12H,1-3H3,(H,25,28). The van der Waals surface area contributed by atoms with Gasteiger partial charge >= 0.3 is 0 Å². The van der Waals surface area contributed by atoms with Crippen molar-refractivity contribution in [1.82, 2.24) is 19.6 Å². The van der Waals surface area contributed by atoms with Gasteiger partial charge in [0.25, 0.3) is 5.91 Å². The molecule has 0 fully saturated rings. The first-order chi connectivity index (χ1) is 14.0. The van der Waals surface area contributed by atoms with E-state index in [0.29, 0.717) is 16.8 Å². The largest absolute Gasteiger partial charge is 0.495 e. The third-order valence-electron chi connectivity index (χ3n) is 4.68. The van der Waals surface area contributed by atoms with Gasteiger partial charge in [0.1, 0.15) is 17.5 Å². The molecule has 0 aliphatic carbocycles. The Morgan fingerprint density at radius 2 is 2.03 bits per heavy atom. The Balaban J connectivity index is 1.72. The normalized spacial score (nSPS) is 10.7. The van der Waals surface area contributed by atoms with Crippen LogP contribution in [0.4, 0.5) is 5.69 Å². The molecule has 0 saturated carbocycles. The predicted octanol–water partition coefficient (Wildman–Crippen LogP) is 3.20. The predicted molar refractivity (Wildman–Crippen MR) is 108 cm³/mol. The van der Waals surface area contributed by atoms with E-state index in [9.17, 15) is 10.1 Å². The Bertz CT molecular complexity index is 1280. The summed E-state index contributed by atoms with van der Waals surface area (Å²) in [5.74, 6) is -0.0743. The van der Waals surface area contributed by atoms with E-state index in [0.717, 1.165) is 22.2 Å². The zero-order valence-corrected chi connectivity index (χ0v) is 16.2. The fourth-order valence-electron chi connectivity index (χ4n) is 3.28. The molecule has 0 saturated heterocycles. The molecule has 8 nitrogen and oxygen atoms in total. The third-order valence-corrected chi connectivity index (χ3v) is 4.68. The number of aromatic nitrogens is 4. The summed E-state index contributed by atoms with van der Waals surface area (Å²) in [6.07, 6.45) is 5.34. The van der Waals surface area contributed by atoms with Crippen molar-refractivity contribution in [3.8, 4) is 17.5 Å². The lowest BCUT2D eigenvalue weighted by molar-refractivity contribution is 0.102. The first-order valence-corrected chi connectivity index (χ1v) is 8.87. The molecule has 0 aliphatic rings. The van der Waals surface area contributed by atoms with Gasteiger partial charge in [0.2, 0.25) is 0 Å². The van der Waals surface area contributed by atoms with E-state index in [4.69, 9.17) is 4.74 Å². The summed E-state index contributed by atoms with van der Waals surface area (Å²) in [5, 5.41) is 21.7. The van der Waals surface area contributed by atoms with Crippen molar-refractivity contribution in [1.29, 1.82) is 5.26 Å². The molecule has 0 radical (unpaired) electrons. The van der Waals surface area contributed by atoms with E-state index in [2.05, 4.69) is 21.6 Å². The summed E-state index contributed by atoms with van der Waals surface area (Å²) in [7, 11) is 3.29. The minimum atomic E-state index is -0.344. The molecule has 0 bridgehead atoms. The van der Waals surface area contributed by atoms with Crippen molar-refractivity contribution < 1.29 is 9.53 Å². The number of aryl methyl sites for hydroxylation is 2. The van der Waals surface area contributed by atoms with Crippen molar-refractivity contribution in [2.75, 3.05) is 12.4 Å². The highest BCUT2D eigenvalue weighted by molar-refractivity contribution is 6.08. The quantitative estimate of drug-likeness (QED) is 0.581. The minimum absolute atomic E-state index is 0.270. The number of carbonyl (C=O) groups excluding carboxylic acids is 1. The van der Waals surface area contributed by atoms with Crippen molar-refractivity contribution in [3.63, 3.8) is 0 Å². The lowest BCUT2D eigenvalue weighted by Gasteiger charge is -2.13. The molecular weight excluding hydrogens is 368 g/mol. The van der Waals surface area contributed by atoms with Crippen LogP contribution in [0.5, 0.6) is 5.75 Å². The molecule has 0 unspecified atom stereocenters.